The Morgan fingerprint density at radius 1 is 0.853 bits per heavy atom. The normalized spacial score (nSPS) is 9.91. The van der Waals surface area contributed by atoms with Crippen LogP contribution in [0.4, 0.5) is 9.59 Å². The van der Waals surface area contributed by atoms with E-state index in [1.807, 2.05) is 0 Å². The lowest BCUT2D eigenvalue weighted by molar-refractivity contribution is -0.143. The average Bonchev–Trinajstić information content (AvgIpc) is 2.70. The van der Waals surface area contributed by atoms with E-state index in [0.29, 0.717) is 39.0 Å². The van der Waals surface area contributed by atoms with Crippen LogP contribution in [0.3, 0.4) is 0 Å². The van der Waals surface area contributed by atoms with Gasteiger partial charge in [-0.25, -0.2) is 10.9 Å². The first-order valence-electron chi connectivity index (χ1n) is 10.9. The summed E-state index contributed by atoms with van der Waals surface area (Å²) in [6, 6.07) is 0. The molecule has 0 spiro atoms. The van der Waals surface area contributed by atoms with Gasteiger partial charge in [-0.3, -0.25) is 9.59 Å². The van der Waals surface area contributed by atoms with Crippen LogP contribution in [0.5, 0.6) is 0 Å². The summed E-state index contributed by atoms with van der Waals surface area (Å²) in [5.41, 5.74) is -1.01. The summed E-state index contributed by atoms with van der Waals surface area (Å²) in [5.74, 6) is -1.11. The van der Waals surface area contributed by atoms with Gasteiger partial charge < -0.3 is 50.9 Å². The molecule has 0 saturated heterocycles. The van der Waals surface area contributed by atoms with Crippen LogP contribution < -0.4 is 10.6 Å². The largest absolute Gasteiger partial charge is 1.51 e. The number of carbonyl (C=O) groups is 4. The minimum Gasteiger partial charge on any atom is -1.51 e. The van der Waals surface area contributed by atoms with Gasteiger partial charge in [0.05, 0.1) is 6.61 Å². The van der Waals surface area contributed by atoms with Gasteiger partial charge >= 0.3 is 24.1 Å². The van der Waals surface area contributed by atoms with Gasteiger partial charge in [-0.2, -0.15) is 0 Å². The zero-order chi connectivity index (χ0) is 27.8. The first-order chi connectivity index (χ1) is 15.7. The van der Waals surface area contributed by atoms with E-state index >= 15 is 0 Å². The van der Waals surface area contributed by atoms with E-state index in [4.69, 9.17) is 21.9 Å². The van der Waals surface area contributed by atoms with E-state index in [2.05, 4.69) is 30.3 Å². The van der Waals surface area contributed by atoms with Crippen LogP contribution in [0.2, 0.25) is 0 Å². The van der Waals surface area contributed by atoms with Crippen molar-refractivity contribution in [3.8, 4) is 0 Å². The molecule has 34 heavy (non-hydrogen) atoms. The van der Waals surface area contributed by atoms with Crippen LogP contribution in [-0.4, -0.2) is 62.7 Å². The quantitative estimate of drug-likeness (QED) is 0.154. The van der Waals surface area contributed by atoms with E-state index in [1.165, 1.54) is 0 Å². The highest BCUT2D eigenvalue weighted by Gasteiger charge is 2.16. The fraction of sp³-hybridized carbons (Fsp3) is 0.818. The summed E-state index contributed by atoms with van der Waals surface area (Å²) in [5, 5.41) is 13.4. The molecule has 2 amide bonds. The van der Waals surface area contributed by atoms with Crippen molar-refractivity contribution in [3.63, 3.8) is 0 Å². The summed E-state index contributed by atoms with van der Waals surface area (Å²) in [6.07, 6.45) is 0.353. The molecule has 0 fully saturated rings. The summed E-state index contributed by atoms with van der Waals surface area (Å²) in [7, 11) is 5.00. The first-order valence-corrected chi connectivity index (χ1v) is 9.97. The molecule has 208 valence electrons. The Labute approximate surface area is 215 Å². The molecule has 0 aliphatic rings. The molecule has 0 aliphatic carbocycles. The molecule has 0 saturated carbocycles. The average molecular weight is 536 g/mol. The van der Waals surface area contributed by atoms with Crippen molar-refractivity contribution in [2.45, 2.75) is 100 Å². The summed E-state index contributed by atoms with van der Waals surface area (Å²) in [6.45, 7) is 13.6. The van der Waals surface area contributed by atoms with E-state index in [0.717, 1.165) is 0 Å². The topological polar surface area (TPSA) is 140 Å². The highest BCUT2D eigenvalue weighted by Crippen LogP contribution is 2.07. The second-order valence-electron chi connectivity index (χ2n) is 8.26. The number of carboxylic acid groups (broad SMARTS) is 1. The lowest BCUT2D eigenvalue weighted by Crippen LogP contribution is -2.33. The van der Waals surface area contributed by atoms with Crippen LogP contribution in [0, 0.1) is 0 Å². The van der Waals surface area contributed by atoms with Gasteiger partial charge in [0, 0.05) is 25.9 Å². The minimum atomic E-state index is -0.865. The van der Waals surface area contributed by atoms with Gasteiger partial charge in [-0.1, -0.05) is 14.9 Å². The fourth-order valence-electron chi connectivity index (χ4n) is 1.71. The number of aliphatic carboxylic acids is 1. The van der Waals surface area contributed by atoms with E-state index < -0.39 is 29.4 Å². The van der Waals surface area contributed by atoms with Crippen LogP contribution >= 0.6 is 19.7 Å². The molecule has 3 N–H and O–H groups in total. The van der Waals surface area contributed by atoms with Crippen LogP contribution in [-0.2, 0) is 23.8 Å². The number of nitrogens with one attached hydrogen (secondary N) is 2. The molecular weight excluding hydrogens is 482 g/mol. The van der Waals surface area contributed by atoms with Gasteiger partial charge in [-0.15, -0.1) is 0 Å². The van der Waals surface area contributed by atoms with Gasteiger partial charge in [0.2, 0.25) is 0 Å². The van der Waals surface area contributed by atoms with Crippen molar-refractivity contribution in [2.75, 3.05) is 19.7 Å². The highest BCUT2D eigenvalue weighted by atomic mass is 31.0. The lowest BCUT2D eigenvalue weighted by atomic mass is 10.2. The summed E-state index contributed by atoms with van der Waals surface area (Å²) in [4.78, 5) is 43.3. The van der Waals surface area contributed by atoms with E-state index in [1.54, 1.807) is 48.5 Å². The van der Waals surface area contributed by atoms with E-state index in [9.17, 15) is 19.2 Å². The number of carbonyl (C=O) groups excluding carboxylic acids is 3. The van der Waals surface area contributed by atoms with Crippen molar-refractivity contribution in [3.05, 3.63) is 0 Å². The molecule has 12 heteroatoms. The predicted molar refractivity (Wildman–Crippen MR) is 143 cm³/mol. The maximum atomic E-state index is 11.2. The van der Waals surface area contributed by atoms with Crippen LogP contribution in [0.15, 0.2) is 0 Å². The molecule has 0 aliphatic heterocycles. The number of esters is 1. The van der Waals surface area contributed by atoms with Crippen molar-refractivity contribution in [2.24, 2.45) is 0 Å². The molecule has 0 atom stereocenters. The van der Waals surface area contributed by atoms with Crippen molar-refractivity contribution < 1.29 is 38.5 Å². The monoisotopic (exact) mass is 535 g/mol. The van der Waals surface area contributed by atoms with Gasteiger partial charge in [0.25, 0.3) is 0 Å². The zero-order valence-corrected chi connectivity index (χ0v) is 22.1. The Morgan fingerprint density at radius 3 is 1.50 bits per heavy atom. The molecule has 0 radical (unpaired) electrons. The second-order valence-corrected chi connectivity index (χ2v) is 8.26. The third-order valence-electron chi connectivity index (χ3n) is 2.77. The van der Waals surface area contributed by atoms with Crippen molar-refractivity contribution in [1.82, 2.24) is 10.6 Å². The van der Waals surface area contributed by atoms with Crippen LogP contribution in [0.25, 0.3) is 0 Å². The number of carboxylic acids is 1. The Bertz CT molecular complexity index is 559. The van der Waals surface area contributed by atoms with Crippen molar-refractivity contribution in [1.29, 1.82) is 2.56 Å². The first kappa shape index (κ1) is 39.5. The van der Waals surface area contributed by atoms with Gasteiger partial charge in [0.15, 0.2) is 0 Å². The summed E-state index contributed by atoms with van der Waals surface area (Å²) >= 11 is 0. The number of ether oxygens (including phenoxy) is 3. The molecule has 0 bridgehead atoms. The molecule has 0 heterocycles. The molecule has 0 rings (SSSR count). The minimum absolute atomic E-state index is 0. The highest BCUT2D eigenvalue weighted by molar-refractivity contribution is 6.92. The summed E-state index contributed by atoms with van der Waals surface area (Å²) < 4.78 is 25.7. The van der Waals surface area contributed by atoms with E-state index in [-0.39, 0.29) is 27.2 Å². The Kier molecular flexibility index (Phi) is 28.5. The fourth-order valence-corrected chi connectivity index (χ4v) is 1.71. The maximum absolute atomic E-state index is 11.2. The second kappa shape index (κ2) is 24.5. The predicted octanol–water partition coefficient (Wildman–Crippen LogP) is 5.42. The SMILES string of the molecule is C.C.CC(C)(C)OC(=O)NCCCC(=O)O.CCOC(=O)CCCNC(=O)OC(C)(C)C.[3H][P-2].[3H][PH-]. The zero-order valence-electron chi connectivity index (χ0n) is 22.2. The number of amides is 2. The number of hydrogen-bond donors (Lipinski definition) is 3. The molecule has 0 aromatic carbocycles. The standard InChI is InChI=1S/C11H21NO4.C9H17NO4.2CH4.H2P.HP/c1-5-15-9(13)7-6-8-12-10(14)16-11(2,3)4;1-9(2,3)14-8(13)10-6-4-5-7(11)12;;;;/h5-8H2,1-4H3,(H,12,14);4-6H2,1-3H3,(H,10,13)(H,11,12);2*1H4;1H2;1H/q;;;;-1;-2/i;;;;2*1T. The molecule has 0 aromatic rings. The molecule has 0 unspecified atom stereocenters. The molecule has 0 aromatic heterocycles. The maximum Gasteiger partial charge on any atom is 0.407 e. The third kappa shape index (κ3) is 40.7. The van der Waals surface area contributed by atoms with Crippen LogP contribution in [0.1, 0.15) is 89.0 Å². The lowest BCUT2D eigenvalue weighted by Gasteiger charge is -2.19. The third-order valence-corrected chi connectivity index (χ3v) is 2.77. The Balaban J connectivity index is -0.000000105. The van der Waals surface area contributed by atoms with Crippen molar-refractivity contribution >= 4 is 43.8 Å². The number of hydrogen-bond acceptors (Lipinski definition) is 7. The smallest absolute Gasteiger partial charge is 0.407 e. The van der Waals surface area contributed by atoms with Gasteiger partial charge in [-0.05, 0) is 61.3 Å². The Morgan fingerprint density at radius 2 is 1.21 bits per heavy atom. The number of alkyl carbamates (subject to hydrolysis) is 2. The number of rotatable bonds is 9. The van der Waals surface area contributed by atoms with Gasteiger partial charge in [0.1, 0.15) is 11.2 Å². The molecular formula is C22H49N2O8P2-3. The molecule has 10 nitrogen and oxygen atoms in total. The Hall–Kier alpha value is -1.66.